The summed E-state index contributed by atoms with van der Waals surface area (Å²) in [4.78, 5) is 24.7. The summed E-state index contributed by atoms with van der Waals surface area (Å²) in [5.74, 6) is -0.332. The van der Waals surface area contributed by atoms with Gasteiger partial charge in [0.05, 0.1) is 12.1 Å². The van der Waals surface area contributed by atoms with E-state index in [2.05, 4.69) is 10.6 Å². The van der Waals surface area contributed by atoms with Crippen molar-refractivity contribution in [1.29, 1.82) is 0 Å². The van der Waals surface area contributed by atoms with E-state index in [1.165, 1.54) is 0 Å². The standard InChI is InChI=1S/C12H23N3O3/c1-3-6-13-11(17)14-10(16)8-15-7-4-5-12(2,18)9-15/h18H,3-9H2,1-2H3,(H2,13,14,16,17). The zero-order chi connectivity index (χ0) is 13.6. The normalized spacial score (nSPS) is 24.6. The van der Waals surface area contributed by atoms with Crippen LogP contribution in [0.3, 0.4) is 0 Å². The molecule has 3 N–H and O–H groups in total. The predicted molar refractivity (Wildman–Crippen MR) is 68.1 cm³/mol. The van der Waals surface area contributed by atoms with E-state index in [1.807, 2.05) is 11.8 Å². The fourth-order valence-electron chi connectivity index (χ4n) is 2.11. The van der Waals surface area contributed by atoms with Gasteiger partial charge in [0.15, 0.2) is 0 Å². The Morgan fingerprint density at radius 1 is 1.44 bits per heavy atom. The van der Waals surface area contributed by atoms with Crippen LogP contribution in [0, 0.1) is 0 Å². The summed E-state index contributed by atoms with van der Waals surface area (Å²) in [5, 5.41) is 14.8. The van der Waals surface area contributed by atoms with E-state index in [1.54, 1.807) is 6.92 Å². The maximum Gasteiger partial charge on any atom is 0.321 e. The third kappa shape index (κ3) is 5.46. The molecule has 1 unspecified atom stereocenters. The summed E-state index contributed by atoms with van der Waals surface area (Å²) in [5.41, 5.74) is -0.733. The SMILES string of the molecule is CCCNC(=O)NC(=O)CN1CCCC(C)(O)C1. The monoisotopic (exact) mass is 257 g/mol. The number of nitrogens with zero attached hydrogens (tertiary/aromatic N) is 1. The lowest BCUT2D eigenvalue weighted by Gasteiger charge is -2.36. The van der Waals surface area contributed by atoms with E-state index in [9.17, 15) is 14.7 Å². The van der Waals surface area contributed by atoms with Gasteiger partial charge in [-0.25, -0.2) is 4.79 Å². The first-order valence-electron chi connectivity index (χ1n) is 6.45. The van der Waals surface area contributed by atoms with E-state index < -0.39 is 11.6 Å². The van der Waals surface area contributed by atoms with E-state index in [-0.39, 0.29) is 12.5 Å². The minimum Gasteiger partial charge on any atom is -0.389 e. The fourth-order valence-corrected chi connectivity index (χ4v) is 2.11. The molecule has 1 heterocycles. The Hall–Kier alpha value is -1.14. The molecule has 0 spiro atoms. The third-order valence-corrected chi connectivity index (χ3v) is 2.91. The molecule has 0 bridgehead atoms. The molecule has 3 amide bonds. The molecule has 0 aromatic heterocycles. The molecular weight excluding hydrogens is 234 g/mol. The van der Waals surface area contributed by atoms with E-state index in [4.69, 9.17) is 0 Å². The molecule has 18 heavy (non-hydrogen) atoms. The van der Waals surface area contributed by atoms with Gasteiger partial charge in [0.2, 0.25) is 5.91 Å². The molecular formula is C12H23N3O3. The van der Waals surface area contributed by atoms with Crippen LogP contribution in [0.1, 0.15) is 33.1 Å². The maximum absolute atomic E-state index is 11.6. The summed E-state index contributed by atoms with van der Waals surface area (Å²) in [7, 11) is 0. The molecule has 0 aliphatic carbocycles. The summed E-state index contributed by atoms with van der Waals surface area (Å²) >= 11 is 0. The van der Waals surface area contributed by atoms with Crippen LogP contribution in [-0.2, 0) is 4.79 Å². The van der Waals surface area contributed by atoms with Crippen molar-refractivity contribution in [2.24, 2.45) is 0 Å². The number of rotatable bonds is 4. The van der Waals surface area contributed by atoms with Crippen molar-refractivity contribution in [3.63, 3.8) is 0 Å². The number of aliphatic hydroxyl groups is 1. The lowest BCUT2D eigenvalue weighted by molar-refractivity contribution is -0.122. The van der Waals surface area contributed by atoms with Crippen LogP contribution >= 0.6 is 0 Å². The number of piperidine rings is 1. The lowest BCUT2D eigenvalue weighted by atomic mass is 9.95. The van der Waals surface area contributed by atoms with Gasteiger partial charge in [-0.2, -0.15) is 0 Å². The van der Waals surface area contributed by atoms with Crippen molar-refractivity contribution < 1.29 is 14.7 Å². The van der Waals surface area contributed by atoms with Gasteiger partial charge < -0.3 is 10.4 Å². The molecule has 0 saturated carbocycles. The summed E-state index contributed by atoms with van der Waals surface area (Å²) in [6.45, 7) is 5.66. The van der Waals surface area contributed by atoms with Crippen LogP contribution in [0.4, 0.5) is 4.79 Å². The molecule has 6 heteroatoms. The van der Waals surface area contributed by atoms with Gasteiger partial charge in [-0.1, -0.05) is 6.92 Å². The molecule has 1 aliphatic heterocycles. The number of carbonyl (C=O) groups excluding carboxylic acids is 2. The van der Waals surface area contributed by atoms with Gasteiger partial charge in [-0.3, -0.25) is 15.0 Å². The second-order valence-corrected chi connectivity index (χ2v) is 5.12. The van der Waals surface area contributed by atoms with Gasteiger partial charge in [-0.15, -0.1) is 0 Å². The van der Waals surface area contributed by atoms with Crippen LogP contribution in [-0.4, -0.2) is 53.7 Å². The molecule has 1 atom stereocenters. The van der Waals surface area contributed by atoms with E-state index in [0.29, 0.717) is 13.1 Å². The summed E-state index contributed by atoms with van der Waals surface area (Å²) in [6, 6.07) is -0.453. The summed E-state index contributed by atoms with van der Waals surface area (Å²) < 4.78 is 0. The second kappa shape index (κ2) is 6.70. The zero-order valence-electron chi connectivity index (χ0n) is 11.2. The van der Waals surface area contributed by atoms with Crippen molar-refractivity contribution in [2.45, 2.75) is 38.7 Å². The number of amides is 3. The van der Waals surface area contributed by atoms with Gasteiger partial charge in [0, 0.05) is 13.1 Å². The van der Waals surface area contributed by atoms with Crippen LogP contribution in [0.25, 0.3) is 0 Å². The van der Waals surface area contributed by atoms with Crippen LogP contribution in [0.15, 0.2) is 0 Å². The topological polar surface area (TPSA) is 81.7 Å². The Labute approximate surface area is 108 Å². The molecule has 1 saturated heterocycles. The average Bonchev–Trinajstić information content (AvgIpc) is 2.24. The van der Waals surface area contributed by atoms with Crippen LogP contribution in [0.5, 0.6) is 0 Å². The Morgan fingerprint density at radius 3 is 2.78 bits per heavy atom. The highest BCUT2D eigenvalue weighted by Crippen LogP contribution is 2.19. The van der Waals surface area contributed by atoms with Crippen molar-refractivity contribution in [3.05, 3.63) is 0 Å². The molecule has 104 valence electrons. The van der Waals surface area contributed by atoms with Crippen molar-refractivity contribution in [2.75, 3.05) is 26.2 Å². The van der Waals surface area contributed by atoms with Gasteiger partial charge in [-0.05, 0) is 32.7 Å². The molecule has 0 aromatic rings. The number of β-amino-alcohol motifs (C(OH)–C–C–N with tert-alkyl or cyclic N) is 1. The number of nitrogens with one attached hydrogen (secondary N) is 2. The van der Waals surface area contributed by atoms with E-state index >= 15 is 0 Å². The third-order valence-electron chi connectivity index (χ3n) is 2.91. The highest BCUT2D eigenvalue weighted by atomic mass is 16.3. The average molecular weight is 257 g/mol. The largest absolute Gasteiger partial charge is 0.389 e. The van der Waals surface area contributed by atoms with Crippen molar-refractivity contribution in [3.8, 4) is 0 Å². The Morgan fingerprint density at radius 2 is 2.17 bits per heavy atom. The first-order valence-corrected chi connectivity index (χ1v) is 6.45. The number of urea groups is 1. The predicted octanol–water partition coefficient (Wildman–Crippen LogP) is 0.0690. The highest BCUT2D eigenvalue weighted by Gasteiger charge is 2.29. The van der Waals surface area contributed by atoms with Crippen molar-refractivity contribution in [1.82, 2.24) is 15.5 Å². The Kier molecular flexibility index (Phi) is 5.55. The molecule has 1 fully saturated rings. The number of imide groups is 1. The van der Waals surface area contributed by atoms with Crippen LogP contribution in [0.2, 0.25) is 0 Å². The first-order chi connectivity index (χ1) is 8.43. The summed E-state index contributed by atoms with van der Waals surface area (Å²) in [6.07, 6.45) is 2.45. The number of carbonyl (C=O) groups is 2. The smallest absolute Gasteiger partial charge is 0.321 e. The number of likely N-dealkylation sites (tertiary alicyclic amines) is 1. The highest BCUT2D eigenvalue weighted by molar-refractivity contribution is 5.95. The molecule has 0 aromatic carbocycles. The molecule has 1 aliphatic rings. The maximum atomic E-state index is 11.6. The number of hydrogen-bond acceptors (Lipinski definition) is 4. The molecule has 1 rings (SSSR count). The van der Waals surface area contributed by atoms with E-state index in [0.717, 1.165) is 25.8 Å². The van der Waals surface area contributed by atoms with Crippen LogP contribution < -0.4 is 10.6 Å². The first kappa shape index (κ1) is 14.9. The lowest BCUT2D eigenvalue weighted by Crippen LogP contribution is -2.51. The Bertz CT molecular complexity index is 305. The fraction of sp³-hybridized carbons (Fsp3) is 0.833. The zero-order valence-corrected chi connectivity index (χ0v) is 11.2. The quantitative estimate of drug-likeness (QED) is 0.665. The minimum atomic E-state index is -0.733. The Balaban J connectivity index is 2.29. The van der Waals surface area contributed by atoms with Gasteiger partial charge in [0.25, 0.3) is 0 Å². The van der Waals surface area contributed by atoms with Crippen molar-refractivity contribution >= 4 is 11.9 Å². The second-order valence-electron chi connectivity index (χ2n) is 5.12. The molecule has 6 nitrogen and oxygen atoms in total. The number of hydrogen-bond donors (Lipinski definition) is 3. The molecule has 0 radical (unpaired) electrons. The minimum absolute atomic E-state index is 0.149. The van der Waals surface area contributed by atoms with Gasteiger partial charge >= 0.3 is 6.03 Å². The van der Waals surface area contributed by atoms with Gasteiger partial charge in [0.1, 0.15) is 0 Å².